The van der Waals surface area contributed by atoms with Crippen LogP contribution < -0.4 is 9.80 Å². The van der Waals surface area contributed by atoms with E-state index in [1.807, 2.05) is 0 Å². The van der Waals surface area contributed by atoms with Gasteiger partial charge in [-0.3, -0.25) is 4.90 Å². The predicted molar refractivity (Wildman–Crippen MR) is 142 cm³/mol. The van der Waals surface area contributed by atoms with E-state index in [4.69, 9.17) is 4.74 Å². The molecule has 0 amide bonds. The van der Waals surface area contributed by atoms with Gasteiger partial charge in [0.15, 0.2) is 0 Å². The molecule has 0 spiro atoms. The number of morpholine rings is 1. The molecule has 0 bridgehead atoms. The van der Waals surface area contributed by atoms with Gasteiger partial charge in [0.2, 0.25) is 0 Å². The zero-order valence-electron chi connectivity index (χ0n) is 22.2. The van der Waals surface area contributed by atoms with Crippen molar-refractivity contribution in [3.05, 3.63) is 23.8 Å². The van der Waals surface area contributed by atoms with Gasteiger partial charge >= 0.3 is 0 Å². The van der Waals surface area contributed by atoms with Crippen LogP contribution in [0.3, 0.4) is 0 Å². The number of unbranched alkanes of at least 4 members (excludes halogenated alkanes) is 2. The lowest BCUT2D eigenvalue weighted by atomic mass is 9.60. The van der Waals surface area contributed by atoms with E-state index in [0.717, 1.165) is 39.4 Å². The lowest BCUT2D eigenvalue weighted by molar-refractivity contribution is 0.0969. The van der Waals surface area contributed by atoms with E-state index < -0.39 is 0 Å². The average Bonchev–Trinajstić information content (AvgIpc) is 2.78. The van der Waals surface area contributed by atoms with Crippen LogP contribution >= 0.6 is 0 Å². The first-order chi connectivity index (χ1) is 15.8. The summed E-state index contributed by atoms with van der Waals surface area (Å²) in [4.78, 5) is 7.92. The normalized spacial score (nSPS) is 24.3. The van der Waals surface area contributed by atoms with E-state index in [9.17, 15) is 0 Å². The van der Waals surface area contributed by atoms with Crippen LogP contribution in [0.1, 0.15) is 84.6 Å². The fraction of sp³-hybridized carbons (Fsp3) is 0.793. The Morgan fingerprint density at radius 2 is 1.52 bits per heavy atom. The Balaban J connectivity index is 1.57. The number of anilines is 2. The first-order valence-corrected chi connectivity index (χ1v) is 13.7. The van der Waals surface area contributed by atoms with Gasteiger partial charge in [0, 0.05) is 50.6 Å². The summed E-state index contributed by atoms with van der Waals surface area (Å²) in [5.41, 5.74) is 5.32. The molecule has 33 heavy (non-hydrogen) atoms. The predicted octanol–water partition coefficient (Wildman–Crippen LogP) is 6.16. The van der Waals surface area contributed by atoms with Gasteiger partial charge in [-0.05, 0) is 66.7 Å². The van der Waals surface area contributed by atoms with Crippen LogP contribution in [0.2, 0.25) is 0 Å². The summed E-state index contributed by atoms with van der Waals surface area (Å²) in [5, 5.41) is 0. The van der Waals surface area contributed by atoms with Crippen molar-refractivity contribution in [2.75, 3.05) is 68.8 Å². The summed E-state index contributed by atoms with van der Waals surface area (Å²) in [6, 6.07) is 7.43. The van der Waals surface area contributed by atoms with Gasteiger partial charge in [-0.15, -0.1) is 0 Å². The van der Waals surface area contributed by atoms with Crippen LogP contribution in [0.25, 0.3) is 0 Å². The molecule has 4 nitrogen and oxygen atoms in total. The minimum atomic E-state index is 0.407. The molecular weight excluding hydrogens is 406 g/mol. The molecule has 186 valence electrons. The van der Waals surface area contributed by atoms with E-state index in [1.54, 1.807) is 5.56 Å². The Kier molecular flexibility index (Phi) is 7.95. The monoisotopic (exact) mass is 455 g/mol. The molecule has 1 saturated carbocycles. The third kappa shape index (κ3) is 6.45. The molecule has 2 heterocycles. The maximum Gasteiger partial charge on any atom is 0.0642 e. The third-order valence-corrected chi connectivity index (χ3v) is 8.18. The van der Waals surface area contributed by atoms with E-state index in [0.29, 0.717) is 16.7 Å². The standard InChI is InChI=1S/C29H49N3O/c1-6-7-8-11-30-12-14-32(15-13-30)27-20-25(31-16-18-33-19-17-31)9-10-26(27)24-21-28(2,3)23-29(4,5)22-24/h9-10,20,24H,6-8,11-19,21-23H2,1-5H3. The van der Waals surface area contributed by atoms with Crippen LogP contribution in [0, 0.1) is 10.8 Å². The molecule has 2 saturated heterocycles. The number of rotatable bonds is 7. The van der Waals surface area contributed by atoms with Gasteiger partial charge in [0.25, 0.3) is 0 Å². The Bertz CT molecular complexity index is 744. The Labute approximate surface area is 203 Å². The summed E-state index contributed by atoms with van der Waals surface area (Å²) in [5.74, 6) is 0.653. The molecule has 4 heteroatoms. The summed E-state index contributed by atoms with van der Waals surface area (Å²) in [6.45, 7) is 21.9. The number of ether oxygens (including phenoxy) is 1. The third-order valence-electron chi connectivity index (χ3n) is 8.18. The maximum absolute atomic E-state index is 5.63. The second-order valence-electron chi connectivity index (χ2n) is 12.5. The van der Waals surface area contributed by atoms with Gasteiger partial charge in [-0.1, -0.05) is 53.5 Å². The van der Waals surface area contributed by atoms with Crippen LogP contribution in [-0.2, 0) is 4.74 Å². The van der Waals surface area contributed by atoms with E-state index in [2.05, 4.69) is 67.5 Å². The highest BCUT2D eigenvalue weighted by atomic mass is 16.5. The zero-order valence-corrected chi connectivity index (χ0v) is 22.2. The van der Waals surface area contributed by atoms with Crippen molar-refractivity contribution >= 4 is 11.4 Å². The summed E-state index contributed by atoms with van der Waals surface area (Å²) in [7, 11) is 0. The minimum absolute atomic E-state index is 0.407. The lowest BCUT2D eigenvalue weighted by Crippen LogP contribution is -2.47. The smallest absolute Gasteiger partial charge is 0.0642 e. The topological polar surface area (TPSA) is 19.0 Å². The highest BCUT2D eigenvalue weighted by Gasteiger charge is 2.40. The van der Waals surface area contributed by atoms with E-state index in [-0.39, 0.29) is 0 Å². The van der Waals surface area contributed by atoms with Crippen molar-refractivity contribution in [3.63, 3.8) is 0 Å². The Morgan fingerprint density at radius 1 is 0.848 bits per heavy atom. The van der Waals surface area contributed by atoms with Gasteiger partial charge < -0.3 is 14.5 Å². The first kappa shape index (κ1) is 24.9. The Hall–Kier alpha value is -1.26. The number of hydrogen-bond donors (Lipinski definition) is 0. The fourth-order valence-electron chi connectivity index (χ4n) is 7.03. The summed E-state index contributed by atoms with van der Waals surface area (Å²) in [6.07, 6.45) is 7.95. The Morgan fingerprint density at radius 3 is 2.15 bits per heavy atom. The molecule has 1 aromatic carbocycles. The van der Waals surface area contributed by atoms with Crippen LogP contribution in [-0.4, -0.2) is 63.9 Å². The van der Waals surface area contributed by atoms with Crippen LogP contribution in [0.15, 0.2) is 18.2 Å². The molecule has 1 aliphatic carbocycles. The number of hydrogen-bond acceptors (Lipinski definition) is 4. The van der Waals surface area contributed by atoms with Gasteiger partial charge in [-0.25, -0.2) is 0 Å². The summed E-state index contributed by atoms with van der Waals surface area (Å²) >= 11 is 0. The molecular formula is C29H49N3O. The molecule has 0 unspecified atom stereocenters. The van der Waals surface area contributed by atoms with Crippen molar-refractivity contribution in [2.45, 2.75) is 79.1 Å². The van der Waals surface area contributed by atoms with Crippen molar-refractivity contribution in [1.29, 1.82) is 0 Å². The molecule has 2 aliphatic heterocycles. The molecule has 0 atom stereocenters. The molecule has 0 N–H and O–H groups in total. The second-order valence-corrected chi connectivity index (χ2v) is 12.5. The molecule has 4 rings (SSSR count). The molecule has 1 aromatic rings. The fourth-order valence-corrected chi connectivity index (χ4v) is 7.03. The second kappa shape index (κ2) is 10.6. The van der Waals surface area contributed by atoms with E-state index >= 15 is 0 Å². The highest BCUT2D eigenvalue weighted by Crippen LogP contribution is 2.53. The van der Waals surface area contributed by atoms with Crippen molar-refractivity contribution < 1.29 is 4.74 Å². The van der Waals surface area contributed by atoms with Crippen molar-refractivity contribution in [3.8, 4) is 0 Å². The average molecular weight is 456 g/mol. The summed E-state index contributed by atoms with van der Waals surface area (Å²) < 4.78 is 5.63. The van der Waals surface area contributed by atoms with E-state index in [1.165, 1.54) is 69.5 Å². The molecule has 3 aliphatic rings. The SMILES string of the molecule is CCCCCN1CCN(c2cc(N3CCOCC3)ccc2C2CC(C)(C)CC(C)(C)C2)CC1. The maximum atomic E-state index is 5.63. The van der Waals surface area contributed by atoms with Crippen molar-refractivity contribution in [2.24, 2.45) is 10.8 Å². The lowest BCUT2D eigenvalue weighted by Gasteiger charge is -2.46. The van der Waals surface area contributed by atoms with Crippen LogP contribution in [0.5, 0.6) is 0 Å². The quantitative estimate of drug-likeness (QED) is 0.459. The molecule has 0 aromatic heterocycles. The van der Waals surface area contributed by atoms with Crippen molar-refractivity contribution in [1.82, 2.24) is 4.90 Å². The highest BCUT2D eigenvalue weighted by molar-refractivity contribution is 5.65. The number of piperazine rings is 1. The number of benzene rings is 1. The first-order valence-electron chi connectivity index (χ1n) is 13.7. The van der Waals surface area contributed by atoms with Gasteiger partial charge in [0.1, 0.15) is 0 Å². The molecule has 0 radical (unpaired) electrons. The minimum Gasteiger partial charge on any atom is -0.378 e. The zero-order chi connectivity index (χ0) is 23.5. The number of nitrogens with zero attached hydrogens (tertiary/aromatic N) is 3. The van der Waals surface area contributed by atoms with Gasteiger partial charge in [-0.2, -0.15) is 0 Å². The molecule has 3 fully saturated rings. The van der Waals surface area contributed by atoms with Gasteiger partial charge in [0.05, 0.1) is 13.2 Å². The largest absolute Gasteiger partial charge is 0.378 e. The van der Waals surface area contributed by atoms with Crippen LogP contribution in [0.4, 0.5) is 11.4 Å².